The van der Waals surface area contributed by atoms with Gasteiger partial charge in [-0.1, -0.05) is 25.5 Å². The summed E-state index contributed by atoms with van der Waals surface area (Å²) in [6.07, 6.45) is 2.13. The predicted octanol–water partition coefficient (Wildman–Crippen LogP) is 1.01. The van der Waals surface area contributed by atoms with Crippen LogP contribution < -0.4 is 26.9 Å². The monoisotopic (exact) mass is 292 g/mol. The molecule has 0 aromatic heterocycles. The van der Waals surface area contributed by atoms with Crippen molar-refractivity contribution >= 4 is 5.91 Å². The van der Waals surface area contributed by atoms with Gasteiger partial charge in [-0.3, -0.25) is 15.6 Å². The van der Waals surface area contributed by atoms with Gasteiger partial charge in [0.05, 0.1) is 18.6 Å². The molecule has 6 heteroatoms. The second-order valence-electron chi connectivity index (χ2n) is 5.36. The number of carbonyl (C=O) groups excluding carboxylic acids is 1. The minimum Gasteiger partial charge on any atom is -0.494 e. The number of hydrogen-bond donors (Lipinski definition) is 4. The molecule has 0 radical (unpaired) electrons. The molecule has 1 amide bonds. The summed E-state index contributed by atoms with van der Waals surface area (Å²) in [5.41, 5.74) is 9.51. The largest absolute Gasteiger partial charge is 0.494 e. The number of rotatable bonds is 6. The Kier molecular flexibility index (Phi) is 5.55. The molecular weight excluding hydrogens is 268 g/mol. The predicted molar refractivity (Wildman–Crippen MR) is 81.1 cm³/mol. The van der Waals surface area contributed by atoms with Gasteiger partial charge in [0.1, 0.15) is 5.75 Å². The first kappa shape index (κ1) is 15.8. The summed E-state index contributed by atoms with van der Waals surface area (Å²) >= 11 is 0. The first-order valence-electron chi connectivity index (χ1n) is 7.41. The molecule has 5 N–H and O–H groups in total. The molecule has 1 saturated heterocycles. The fourth-order valence-corrected chi connectivity index (χ4v) is 2.59. The second kappa shape index (κ2) is 7.40. The van der Waals surface area contributed by atoms with E-state index in [4.69, 9.17) is 10.6 Å². The average Bonchev–Trinajstić information content (AvgIpc) is 2.89. The molecule has 21 heavy (non-hydrogen) atoms. The van der Waals surface area contributed by atoms with Crippen molar-refractivity contribution in [1.29, 1.82) is 0 Å². The van der Waals surface area contributed by atoms with Gasteiger partial charge in [-0.2, -0.15) is 0 Å². The van der Waals surface area contributed by atoms with E-state index in [-0.39, 0.29) is 23.9 Å². The summed E-state index contributed by atoms with van der Waals surface area (Å²) in [5, 5.41) is 0. The molecule has 1 aromatic rings. The number of carbonyl (C=O) groups is 1. The topological polar surface area (TPSA) is 88.4 Å². The average molecular weight is 292 g/mol. The van der Waals surface area contributed by atoms with Gasteiger partial charge >= 0.3 is 0 Å². The molecule has 3 unspecified atom stereocenters. The Balaban J connectivity index is 2.13. The van der Waals surface area contributed by atoms with E-state index in [9.17, 15) is 4.79 Å². The lowest BCUT2D eigenvalue weighted by molar-refractivity contribution is -0.125. The third kappa shape index (κ3) is 3.72. The van der Waals surface area contributed by atoms with Crippen LogP contribution in [0, 0.1) is 5.92 Å². The molecule has 1 aliphatic rings. The van der Waals surface area contributed by atoms with Gasteiger partial charge in [-0.15, -0.1) is 0 Å². The van der Waals surface area contributed by atoms with Crippen molar-refractivity contribution in [2.24, 2.45) is 11.8 Å². The fraction of sp³-hybridized carbons (Fsp3) is 0.533. The molecule has 1 fully saturated rings. The number of hydrazine groups is 2. The molecule has 0 saturated carbocycles. The van der Waals surface area contributed by atoms with Crippen molar-refractivity contribution in [3.8, 4) is 5.75 Å². The van der Waals surface area contributed by atoms with E-state index in [2.05, 4.69) is 23.2 Å². The summed E-state index contributed by atoms with van der Waals surface area (Å²) in [6, 6.07) is 7.72. The normalized spacial score (nSPS) is 24.8. The molecule has 3 atom stereocenters. The molecule has 1 heterocycles. The molecule has 2 rings (SSSR count). The zero-order chi connectivity index (χ0) is 15.2. The van der Waals surface area contributed by atoms with Gasteiger partial charge in [-0.25, -0.2) is 11.3 Å². The van der Waals surface area contributed by atoms with E-state index in [1.165, 1.54) is 0 Å². The highest BCUT2D eigenvalue weighted by Gasteiger charge is 2.39. The summed E-state index contributed by atoms with van der Waals surface area (Å²) in [7, 11) is 0. The number of amides is 1. The lowest BCUT2D eigenvalue weighted by Gasteiger charge is -2.20. The van der Waals surface area contributed by atoms with Gasteiger partial charge in [0, 0.05) is 6.04 Å². The maximum absolute atomic E-state index is 12.0. The van der Waals surface area contributed by atoms with Crippen LogP contribution in [0.4, 0.5) is 0 Å². The molecule has 0 aliphatic carbocycles. The second-order valence-corrected chi connectivity index (χ2v) is 5.36. The zero-order valence-corrected chi connectivity index (χ0v) is 12.6. The van der Waals surface area contributed by atoms with Crippen molar-refractivity contribution in [3.63, 3.8) is 0 Å². The van der Waals surface area contributed by atoms with E-state index < -0.39 is 0 Å². The molecule has 0 spiro atoms. The highest BCUT2D eigenvalue weighted by Crippen LogP contribution is 2.30. The van der Waals surface area contributed by atoms with Gasteiger partial charge in [0.2, 0.25) is 5.91 Å². The standard InChI is InChI=1S/C15H24N4O2/c1-3-4-8-21-12-7-5-6-11(9-12)14-13(15(20)17-16)10(2)18-19-14/h5-7,9-10,13-14,18-19H,3-4,8,16H2,1-2H3,(H,17,20). The van der Waals surface area contributed by atoms with E-state index in [0.717, 1.165) is 24.2 Å². The Hall–Kier alpha value is -1.63. The maximum Gasteiger partial charge on any atom is 0.240 e. The molecule has 1 aromatic carbocycles. The van der Waals surface area contributed by atoms with E-state index >= 15 is 0 Å². The summed E-state index contributed by atoms with van der Waals surface area (Å²) in [5.74, 6) is 5.67. The Bertz CT molecular complexity index is 480. The van der Waals surface area contributed by atoms with Gasteiger partial charge in [-0.05, 0) is 31.0 Å². The first-order chi connectivity index (χ1) is 10.2. The van der Waals surface area contributed by atoms with Crippen molar-refractivity contribution in [2.45, 2.75) is 38.8 Å². The third-order valence-corrected chi connectivity index (χ3v) is 3.79. The minimum absolute atomic E-state index is 0.00298. The smallest absolute Gasteiger partial charge is 0.240 e. The minimum atomic E-state index is -0.263. The Morgan fingerprint density at radius 3 is 2.95 bits per heavy atom. The highest BCUT2D eigenvalue weighted by molar-refractivity contribution is 5.80. The fourth-order valence-electron chi connectivity index (χ4n) is 2.59. The zero-order valence-electron chi connectivity index (χ0n) is 12.6. The van der Waals surface area contributed by atoms with Crippen LogP contribution >= 0.6 is 0 Å². The number of ether oxygens (including phenoxy) is 1. The third-order valence-electron chi connectivity index (χ3n) is 3.79. The van der Waals surface area contributed by atoms with Crippen LogP contribution in [0.1, 0.15) is 38.3 Å². The Morgan fingerprint density at radius 1 is 1.43 bits per heavy atom. The molecule has 0 bridgehead atoms. The molecule has 1 aliphatic heterocycles. The lowest BCUT2D eigenvalue weighted by Crippen LogP contribution is -2.41. The summed E-state index contributed by atoms with van der Waals surface area (Å²) in [6.45, 7) is 4.79. The van der Waals surface area contributed by atoms with Crippen molar-refractivity contribution in [3.05, 3.63) is 29.8 Å². The van der Waals surface area contributed by atoms with Crippen LogP contribution in [-0.4, -0.2) is 18.6 Å². The van der Waals surface area contributed by atoms with Gasteiger partial charge in [0.25, 0.3) is 0 Å². The SMILES string of the molecule is CCCCOc1cccc(C2NNC(C)C2C(=O)NN)c1. The number of nitrogens with two attached hydrogens (primary N) is 1. The van der Waals surface area contributed by atoms with E-state index in [1.807, 2.05) is 31.2 Å². The number of nitrogens with one attached hydrogen (secondary N) is 3. The van der Waals surface area contributed by atoms with Crippen molar-refractivity contribution < 1.29 is 9.53 Å². The van der Waals surface area contributed by atoms with Crippen molar-refractivity contribution in [1.82, 2.24) is 16.3 Å². The van der Waals surface area contributed by atoms with Gasteiger partial charge in [0.15, 0.2) is 0 Å². The summed E-state index contributed by atoms with van der Waals surface area (Å²) in [4.78, 5) is 12.0. The maximum atomic E-state index is 12.0. The Labute approximate surface area is 125 Å². The van der Waals surface area contributed by atoms with E-state index in [0.29, 0.717) is 6.61 Å². The van der Waals surface area contributed by atoms with Crippen LogP contribution in [0.3, 0.4) is 0 Å². The molecule has 116 valence electrons. The number of benzene rings is 1. The van der Waals surface area contributed by atoms with Crippen molar-refractivity contribution in [2.75, 3.05) is 6.61 Å². The van der Waals surface area contributed by atoms with Gasteiger partial charge < -0.3 is 4.74 Å². The highest BCUT2D eigenvalue weighted by atomic mass is 16.5. The summed E-state index contributed by atoms with van der Waals surface area (Å²) < 4.78 is 5.72. The quantitative estimate of drug-likeness (QED) is 0.272. The Morgan fingerprint density at radius 2 is 2.24 bits per heavy atom. The number of hydrogen-bond acceptors (Lipinski definition) is 5. The van der Waals surface area contributed by atoms with Crippen LogP contribution in [0.5, 0.6) is 5.75 Å². The van der Waals surface area contributed by atoms with Crippen LogP contribution in [0.15, 0.2) is 24.3 Å². The lowest BCUT2D eigenvalue weighted by atomic mass is 9.89. The van der Waals surface area contributed by atoms with Crippen LogP contribution in [0.2, 0.25) is 0 Å². The van der Waals surface area contributed by atoms with E-state index in [1.54, 1.807) is 0 Å². The molecule has 6 nitrogen and oxygen atoms in total. The number of unbranched alkanes of at least 4 members (excludes halogenated alkanes) is 1. The first-order valence-corrected chi connectivity index (χ1v) is 7.41. The van der Waals surface area contributed by atoms with Crippen LogP contribution in [-0.2, 0) is 4.79 Å². The van der Waals surface area contributed by atoms with Crippen LogP contribution in [0.25, 0.3) is 0 Å². The molecular formula is C15H24N4O2.